The van der Waals surface area contributed by atoms with Crippen LogP contribution in [0.3, 0.4) is 0 Å². The lowest BCUT2D eigenvalue weighted by Crippen LogP contribution is -2.26. The number of hydrogen-bond acceptors (Lipinski definition) is 6. The van der Waals surface area contributed by atoms with Crippen molar-refractivity contribution >= 4 is 35.0 Å². The van der Waals surface area contributed by atoms with E-state index < -0.39 is 17.3 Å². The van der Waals surface area contributed by atoms with Gasteiger partial charge in [-0.05, 0) is 50.0 Å². The van der Waals surface area contributed by atoms with Crippen LogP contribution in [0.15, 0.2) is 47.4 Å². The molecule has 2 unspecified atom stereocenters. The number of rotatable bonds is 10. The normalized spacial score (nSPS) is 13.2. The molecule has 0 radical (unpaired) electrons. The number of hydrogen-bond donors (Lipinski definition) is 3. The summed E-state index contributed by atoms with van der Waals surface area (Å²) in [6, 6.07) is 12.4. The van der Waals surface area contributed by atoms with E-state index in [4.69, 9.17) is 16.3 Å². The lowest BCUT2D eigenvalue weighted by molar-refractivity contribution is -0.146. The van der Waals surface area contributed by atoms with Gasteiger partial charge in [0.25, 0.3) is 0 Å². The van der Waals surface area contributed by atoms with Gasteiger partial charge in [-0.1, -0.05) is 23.7 Å². The van der Waals surface area contributed by atoms with Gasteiger partial charge in [-0.25, -0.2) is 4.79 Å². The quantitative estimate of drug-likeness (QED) is 0.502. The number of ether oxygens (including phenoxy) is 1. The molecular formula is C20H25ClN2O4S. The first-order chi connectivity index (χ1) is 13.3. The molecule has 2 rings (SSSR count). The Kier molecular flexibility index (Phi) is 8.44. The van der Waals surface area contributed by atoms with Crippen molar-refractivity contribution < 1.29 is 19.7 Å². The summed E-state index contributed by atoms with van der Waals surface area (Å²) in [4.78, 5) is 14.3. The lowest BCUT2D eigenvalue weighted by atomic mass is 10.1. The largest absolute Gasteiger partial charge is 0.497 e. The molecule has 0 aromatic heterocycles. The molecule has 0 amide bonds. The molecule has 2 aromatic rings. The molecule has 0 saturated carbocycles. The molecule has 2 atom stereocenters. The maximum Gasteiger partial charge on any atom is 0.334 e. The Balaban J connectivity index is 2.32. The van der Waals surface area contributed by atoms with Gasteiger partial charge in [-0.3, -0.25) is 0 Å². The number of halogens is 1. The molecule has 0 aliphatic heterocycles. The number of aliphatic carboxylic acids is 1. The summed E-state index contributed by atoms with van der Waals surface area (Å²) in [7, 11) is 5.54. The zero-order valence-corrected chi connectivity index (χ0v) is 17.6. The third kappa shape index (κ3) is 6.31. The molecule has 3 N–H and O–H groups in total. The average molecular weight is 425 g/mol. The van der Waals surface area contributed by atoms with Crippen LogP contribution in [0, 0.1) is 0 Å². The van der Waals surface area contributed by atoms with Gasteiger partial charge < -0.3 is 25.2 Å². The second-order valence-electron chi connectivity index (χ2n) is 6.47. The SMILES string of the molecule is COc1ccc(C(Sc2cc(Cl)ccc2NCCN(C)C)C(O)C(=O)O)cc1. The topological polar surface area (TPSA) is 82.0 Å². The van der Waals surface area contributed by atoms with Crippen molar-refractivity contribution in [2.45, 2.75) is 16.2 Å². The van der Waals surface area contributed by atoms with Crippen molar-refractivity contribution in [3.05, 3.63) is 53.1 Å². The van der Waals surface area contributed by atoms with Crippen LogP contribution in [0.2, 0.25) is 5.02 Å². The number of nitrogens with zero attached hydrogens (tertiary/aromatic N) is 1. The minimum Gasteiger partial charge on any atom is -0.497 e. The van der Waals surface area contributed by atoms with Crippen molar-refractivity contribution in [1.82, 2.24) is 4.90 Å². The zero-order valence-electron chi connectivity index (χ0n) is 16.1. The van der Waals surface area contributed by atoms with Crippen LogP contribution in [-0.4, -0.2) is 61.5 Å². The number of carboxylic acids is 1. The van der Waals surface area contributed by atoms with E-state index in [9.17, 15) is 15.0 Å². The molecule has 0 bridgehead atoms. The van der Waals surface area contributed by atoms with E-state index in [1.165, 1.54) is 11.8 Å². The Morgan fingerprint density at radius 2 is 1.93 bits per heavy atom. The predicted molar refractivity (Wildman–Crippen MR) is 114 cm³/mol. The van der Waals surface area contributed by atoms with Crippen LogP contribution in [-0.2, 0) is 4.79 Å². The van der Waals surface area contributed by atoms with E-state index in [-0.39, 0.29) is 0 Å². The second kappa shape index (κ2) is 10.6. The fourth-order valence-electron chi connectivity index (χ4n) is 2.53. The maximum atomic E-state index is 11.5. The number of methoxy groups -OCH3 is 1. The number of carboxylic acid groups (broad SMARTS) is 1. The van der Waals surface area contributed by atoms with E-state index in [1.807, 2.05) is 20.2 Å². The molecule has 28 heavy (non-hydrogen) atoms. The lowest BCUT2D eigenvalue weighted by Gasteiger charge is -2.22. The van der Waals surface area contributed by atoms with Crippen LogP contribution in [0.5, 0.6) is 5.75 Å². The van der Waals surface area contributed by atoms with E-state index in [0.717, 1.165) is 23.7 Å². The molecule has 152 valence electrons. The number of likely N-dealkylation sites (N-methyl/N-ethyl adjacent to an activating group) is 1. The predicted octanol–water partition coefficient (Wildman–Crippen LogP) is 3.60. The average Bonchev–Trinajstić information content (AvgIpc) is 2.67. The third-order valence-corrected chi connectivity index (χ3v) is 5.67. The number of benzene rings is 2. The summed E-state index contributed by atoms with van der Waals surface area (Å²) in [5.74, 6) is -0.622. The minimum atomic E-state index is -1.58. The van der Waals surface area contributed by atoms with Crippen LogP contribution in [0.1, 0.15) is 10.8 Å². The second-order valence-corrected chi connectivity index (χ2v) is 8.09. The molecule has 0 aliphatic carbocycles. The summed E-state index contributed by atoms with van der Waals surface area (Å²) >= 11 is 7.43. The van der Waals surface area contributed by atoms with Gasteiger partial charge in [0.15, 0.2) is 6.10 Å². The fourth-order valence-corrected chi connectivity index (χ4v) is 4.04. The summed E-state index contributed by atoms with van der Waals surface area (Å²) in [5, 5.41) is 22.9. The summed E-state index contributed by atoms with van der Waals surface area (Å²) < 4.78 is 5.16. The van der Waals surface area contributed by atoms with Gasteiger partial charge in [-0.15, -0.1) is 11.8 Å². The van der Waals surface area contributed by atoms with E-state index in [2.05, 4.69) is 10.2 Å². The highest BCUT2D eigenvalue weighted by molar-refractivity contribution is 7.99. The molecule has 6 nitrogen and oxygen atoms in total. The fraction of sp³-hybridized carbons (Fsp3) is 0.350. The van der Waals surface area contributed by atoms with Crippen LogP contribution < -0.4 is 10.1 Å². The standard InChI is InChI=1S/C20H25ClN2O4S/c1-23(2)11-10-22-16-9-6-14(21)12-17(16)28-19(18(24)20(25)26)13-4-7-15(27-3)8-5-13/h4-9,12,18-19,22,24H,10-11H2,1-3H3,(H,25,26). The number of aliphatic hydroxyl groups excluding tert-OH is 1. The first kappa shape index (κ1) is 22.4. The van der Waals surface area contributed by atoms with Gasteiger partial charge in [0.1, 0.15) is 5.75 Å². The summed E-state index contributed by atoms with van der Waals surface area (Å²) in [6.07, 6.45) is -1.58. The first-order valence-electron chi connectivity index (χ1n) is 8.71. The molecule has 0 saturated heterocycles. The van der Waals surface area contributed by atoms with Gasteiger partial charge in [0.05, 0.1) is 12.4 Å². The maximum absolute atomic E-state index is 11.5. The molecule has 8 heteroatoms. The van der Waals surface area contributed by atoms with E-state index in [0.29, 0.717) is 16.3 Å². The molecule has 2 aromatic carbocycles. The molecule has 0 aliphatic rings. The van der Waals surface area contributed by atoms with Crippen molar-refractivity contribution in [3.8, 4) is 5.75 Å². The minimum absolute atomic E-state index is 0.541. The molecule has 0 spiro atoms. The van der Waals surface area contributed by atoms with Gasteiger partial charge in [-0.2, -0.15) is 0 Å². The van der Waals surface area contributed by atoms with Gasteiger partial charge in [0, 0.05) is 28.7 Å². The van der Waals surface area contributed by atoms with Gasteiger partial charge >= 0.3 is 5.97 Å². The van der Waals surface area contributed by atoms with Crippen molar-refractivity contribution in [2.24, 2.45) is 0 Å². The number of anilines is 1. The van der Waals surface area contributed by atoms with Crippen molar-refractivity contribution in [1.29, 1.82) is 0 Å². The number of carbonyl (C=O) groups is 1. The van der Waals surface area contributed by atoms with Crippen LogP contribution in [0.4, 0.5) is 5.69 Å². The highest BCUT2D eigenvalue weighted by Gasteiger charge is 2.29. The highest BCUT2D eigenvalue weighted by atomic mass is 35.5. The number of thioether (sulfide) groups is 1. The monoisotopic (exact) mass is 424 g/mol. The van der Waals surface area contributed by atoms with Crippen molar-refractivity contribution in [2.75, 3.05) is 39.6 Å². The van der Waals surface area contributed by atoms with E-state index >= 15 is 0 Å². The Morgan fingerprint density at radius 3 is 2.50 bits per heavy atom. The molecule has 0 heterocycles. The Hall–Kier alpha value is -1.93. The number of aliphatic hydroxyl groups is 1. The summed E-state index contributed by atoms with van der Waals surface area (Å²) in [6.45, 7) is 1.56. The molecular weight excluding hydrogens is 400 g/mol. The van der Waals surface area contributed by atoms with Crippen molar-refractivity contribution in [3.63, 3.8) is 0 Å². The van der Waals surface area contributed by atoms with E-state index in [1.54, 1.807) is 43.5 Å². The number of nitrogens with one attached hydrogen (secondary N) is 1. The Labute approximate surface area is 174 Å². The smallest absolute Gasteiger partial charge is 0.334 e. The summed E-state index contributed by atoms with van der Waals surface area (Å²) in [5.41, 5.74) is 1.52. The highest BCUT2D eigenvalue weighted by Crippen LogP contribution is 2.42. The third-order valence-electron chi connectivity index (χ3n) is 4.06. The zero-order chi connectivity index (χ0) is 20.7. The first-order valence-corrected chi connectivity index (χ1v) is 9.97. The Bertz CT molecular complexity index is 786. The Morgan fingerprint density at radius 1 is 1.25 bits per heavy atom. The van der Waals surface area contributed by atoms with Gasteiger partial charge in [0.2, 0.25) is 0 Å². The van der Waals surface area contributed by atoms with Crippen LogP contribution >= 0.6 is 23.4 Å². The van der Waals surface area contributed by atoms with Crippen LogP contribution in [0.25, 0.3) is 0 Å². The molecule has 0 fully saturated rings.